The summed E-state index contributed by atoms with van der Waals surface area (Å²) >= 11 is 0. The lowest BCUT2D eigenvalue weighted by Crippen LogP contribution is -2.55. The number of aliphatic imine (C=N–C) groups is 1. The number of hydrogen-bond acceptors (Lipinski definition) is 4. The molecule has 0 bridgehead atoms. The van der Waals surface area contributed by atoms with Crippen LogP contribution in [0.25, 0.3) is 0 Å². The van der Waals surface area contributed by atoms with Crippen LogP contribution in [0.4, 0.5) is 0 Å². The third-order valence-corrected chi connectivity index (χ3v) is 3.51. The second kappa shape index (κ2) is 8.29. The molecule has 1 saturated heterocycles. The summed E-state index contributed by atoms with van der Waals surface area (Å²) < 4.78 is 4.98. The van der Waals surface area contributed by atoms with E-state index in [1.807, 2.05) is 0 Å². The summed E-state index contributed by atoms with van der Waals surface area (Å²) in [6.07, 6.45) is 1.20. The number of guanidine groups is 1. The van der Waals surface area contributed by atoms with E-state index in [0.717, 1.165) is 32.1 Å². The van der Waals surface area contributed by atoms with Crippen molar-refractivity contribution >= 4 is 5.96 Å². The summed E-state index contributed by atoms with van der Waals surface area (Å²) in [5, 5.41) is 0. The van der Waals surface area contributed by atoms with Crippen molar-refractivity contribution in [2.24, 2.45) is 10.8 Å². The first-order valence-electron chi connectivity index (χ1n) is 6.71. The quantitative estimate of drug-likeness (QED) is 0.236. The van der Waals surface area contributed by atoms with Crippen molar-refractivity contribution in [2.45, 2.75) is 26.3 Å². The average Bonchev–Trinajstić information content (AvgIpc) is 2.43. The predicted molar refractivity (Wildman–Crippen MR) is 74.4 cm³/mol. The Kier molecular flexibility index (Phi) is 7.00. The van der Waals surface area contributed by atoms with E-state index >= 15 is 0 Å². The van der Waals surface area contributed by atoms with Gasteiger partial charge in [-0.3, -0.25) is 10.3 Å². The van der Waals surface area contributed by atoms with Crippen LogP contribution in [-0.2, 0) is 4.74 Å². The Morgan fingerprint density at radius 3 is 2.56 bits per heavy atom. The maximum Gasteiger partial charge on any atom is 0.208 e. The summed E-state index contributed by atoms with van der Waals surface area (Å²) in [4.78, 5) is 9.13. The molecule has 1 heterocycles. The van der Waals surface area contributed by atoms with Crippen molar-refractivity contribution in [1.82, 2.24) is 15.2 Å². The summed E-state index contributed by atoms with van der Waals surface area (Å²) in [6.45, 7) is 9.86. The zero-order valence-corrected chi connectivity index (χ0v) is 11.9. The third-order valence-electron chi connectivity index (χ3n) is 3.51. The predicted octanol–water partition coefficient (Wildman–Crippen LogP) is -0.132. The molecule has 0 aliphatic carbocycles. The fourth-order valence-corrected chi connectivity index (χ4v) is 2.11. The number of hydrazine groups is 1. The molecule has 3 N–H and O–H groups in total. The highest BCUT2D eigenvalue weighted by Gasteiger charge is 2.21. The van der Waals surface area contributed by atoms with E-state index in [4.69, 9.17) is 10.6 Å². The highest BCUT2D eigenvalue weighted by Crippen LogP contribution is 2.08. The smallest absolute Gasteiger partial charge is 0.208 e. The highest BCUT2D eigenvalue weighted by molar-refractivity contribution is 5.79. The maximum atomic E-state index is 5.53. The maximum absolute atomic E-state index is 5.53. The number of piperazine rings is 1. The van der Waals surface area contributed by atoms with Crippen LogP contribution >= 0.6 is 0 Å². The molecule has 6 heteroatoms. The van der Waals surface area contributed by atoms with Gasteiger partial charge in [0.2, 0.25) is 5.96 Å². The first-order chi connectivity index (χ1) is 8.72. The first kappa shape index (κ1) is 15.2. The van der Waals surface area contributed by atoms with Crippen LogP contribution in [-0.4, -0.2) is 68.2 Å². The van der Waals surface area contributed by atoms with Gasteiger partial charge in [-0.05, 0) is 13.3 Å². The number of methoxy groups -OCH3 is 1. The van der Waals surface area contributed by atoms with Crippen molar-refractivity contribution < 1.29 is 4.74 Å². The minimum absolute atomic E-state index is 0.623. The molecule has 0 aromatic rings. The van der Waals surface area contributed by atoms with E-state index in [1.165, 1.54) is 6.42 Å². The van der Waals surface area contributed by atoms with Crippen molar-refractivity contribution in [3.8, 4) is 0 Å². The minimum Gasteiger partial charge on any atom is -0.383 e. The summed E-state index contributed by atoms with van der Waals surface area (Å²) in [7, 11) is 1.68. The lowest BCUT2D eigenvalue weighted by Gasteiger charge is -2.38. The minimum atomic E-state index is 0.623. The molecular weight excluding hydrogens is 230 g/mol. The molecule has 0 aromatic carbocycles. The molecule has 0 spiro atoms. The monoisotopic (exact) mass is 257 g/mol. The second-order valence-corrected chi connectivity index (χ2v) is 4.62. The molecule has 1 fully saturated rings. The van der Waals surface area contributed by atoms with Crippen molar-refractivity contribution in [2.75, 3.05) is 46.4 Å². The zero-order valence-electron chi connectivity index (χ0n) is 11.9. The molecule has 1 rings (SSSR count). The molecular formula is C12H27N5O. The van der Waals surface area contributed by atoms with E-state index in [-0.39, 0.29) is 0 Å². The van der Waals surface area contributed by atoms with Gasteiger partial charge in [-0.25, -0.2) is 10.8 Å². The van der Waals surface area contributed by atoms with Gasteiger partial charge in [0.05, 0.1) is 13.2 Å². The molecule has 0 saturated carbocycles. The molecule has 1 aliphatic rings. The zero-order chi connectivity index (χ0) is 13.4. The van der Waals surface area contributed by atoms with Gasteiger partial charge in [0.25, 0.3) is 0 Å². The van der Waals surface area contributed by atoms with E-state index in [9.17, 15) is 0 Å². The molecule has 0 aromatic heterocycles. The number of rotatable bonds is 5. The Morgan fingerprint density at radius 2 is 2.06 bits per heavy atom. The number of nitrogens with two attached hydrogens (primary N) is 1. The fraction of sp³-hybridized carbons (Fsp3) is 0.917. The van der Waals surface area contributed by atoms with Crippen LogP contribution in [0.3, 0.4) is 0 Å². The average molecular weight is 257 g/mol. The van der Waals surface area contributed by atoms with Gasteiger partial charge in [-0.2, -0.15) is 0 Å². The molecule has 0 radical (unpaired) electrons. The number of nitrogens with one attached hydrogen (secondary N) is 1. The number of nitrogens with zero attached hydrogens (tertiary/aromatic N) is 3. The third kappa shape index (κ3) is 4.44. The van der Waals surface area contributed by atoms with Crippen LogP contribution < -0.4 is 11.3 Å². The van der Waals surface area contributed by atoms with E-state index in [1.54, 1.807) is 7.11 Å². The molecule has 1 atom stereocenters. The van der Waals surface area contributed by atoms with Gasteiger partial charge in [-0.15, -0.1) is 0 Å². The van der Waals surface area contributed by atoms with Crippen LogP contribution in [0.15, 0.2) is 4.99 Å². The largest absolute Gasteiger partial charge is 0.383 e. The van der Waals surface area contributed by atoms with Gasteiger partial charge in [-0.1, -0.05) is 6.92 Å². The summed E-state index contributed by atoms with van der Waals surface area (Å²) in [5.41, 5.74) is 2.69. The van der Waals surface area contributed by atoms with E-state index in [0.29, 0.717) is 19.2 Å². The Morgan fingerprint density at radius 1 is 1.39 bits per heavy atom. The molecule has 106 valence electrons. The SMILES string of the molecule is CCC(C)N1CCN(C(=NCCOC)NN)CC1. The van der Waals surface area contributed by atoms with Gasteiger partial charge in [0, 0.05) is 39.3 Å². The topological polar surface area (TPSA) is 66.1 Å². The second-order valence-electron chi connectivity index (χ2n) is 4.62. The molecule has 0 amide bonds. The van der Waals surface area contributed by atoms with Gasteiger partial charge >= 0.3 is 0 Å². The van der Waals surface area contributed by atoms with Crippen LogP contribution in [0, 0.1) is 0 Å². The molecule has 1 aliphatic heterocycles. The lowest BCUT2D eigenvalue weighted by molar-refractivity contribution is 0.135. The highest BCUT2D eigenvalue weighted by atomic mass is 16.5. The van der Waals surface area contributed by atoms with E-state index in [2.05, 4.69) is 34.1 Å². The number of hydrogen-bond donors (Lipinski definition) is 2. The van der Waals surface area contributed by atoms with Crippen LogP contribution in [0.1, 0.15) is 20.3 Å². The Balaban J connectivity index is 2.42. The van der Waals surface area contributed by atoms with Crippen LogP contribution in [0.5, 0.6) is 0 Å². The number of ether oxygens (including phenoxy) is 1. The van der Waals surface area contributed by atoms with Gasteiger partial charge in [0.1, 0.15) is 0 Å². The van der Waals surface area contributed by atoms with E-state index < -0.39 is 0 Å². The summed E-state index contributed by atoms with van der Waals surface area (Å²) in [5.74, 6) is 6.30. The van der Waals surface area contributed by atoms with Crippen molar-refractivity contribution in [3.63, 3.8) is 0 Å². The normalized spacial score (nSPS) is 20.0. The molecule has 6 nitrogen and oxygen atoms in total. The lowest BCUT2D eigenvalue weighted by atomic mass is 10.2. The van der Waals surface area contributed by atoms with Crippen molar-refractivity contribution in [1.29, 1.82) is 0 Å². The Labute approximate surface area is 110 Å². The first-order valence-corrected chi connectivity index (χ1v) is 6.71. The Hall–Kier alpha value is -0.850. The Bertz CT molecular complexity index is 251. The summed E-state index contributed by atoms with van der Waals surface area (Å²) in [6, 6.07) is 0.659. The van der Waals surface area contributed by atoms with Crippen molar-refractivity contribution in [3.05, 3.63) is 0 Å². The van der Waals surface area contributed by atoms with Crippen LogP contribution in [0.2, 0.25) is 0 Å². The molecule has 18 heavy (non-hydrogen) atoms. The molecule has 1 unspecified atom stereocenters. The van der Waals surface area contributed by atoms with Gasteiger partial charge < -0.3 is 9.64 Å². The fourth-order valence-electron chi connectivity index (χ4n) is 2.11. The standard InChI is InChI=1S/C12H27N5O/c1-4-11(2)16-6-8-17(9-7-16)12(15-13)14-5-10-18-3/h11H,4-10,13H2,1-3H3,(H,14,15). The van der Waals surface area contributed by atoms with Gasteiger partial charge in [0.15, 0.2) is 0 Å².